The number of amides is 1. The van der Waals surface area contributed by atoms with Crippen LogP contribution >= 0.6 is 0 Å². The smallest absolute Gasteiger partial charge is 0.407 e. The van der Waals surface area contributed by atoms with Gasteiger partial charge >= 0.3 is 6.09 Å². The Morgan fingerprint density at radius 3 is 2.41 bits per heavy atom. The lowest BCUT2D eigenvalue weighted by atomic mass is 9.98. The van der Waals surface area contributed by atoms with Crippen molar-refractivity contribution in [2.24, 2.45) is 0 Å². The Kier molecular flexibility index (Phi) is 6.39. The Labute approximate surface area is 186 Å². The van der Waals surface area contributed by atoms with E-state index in [0.29, 0.717) is 5.56 Å². The summed E-state index contributed by atoms with van der Waals surface area (Å²) in [6.45, 7) is 2.19. The molecule has 2 atom stereocenters. The zero-order valence-corrected chi connectivity index (χ0v) is 17.9. The molecule has 0 bridgehead atoms. The zero-order valence-electron chi connectivity index (χ0n) is 17.9. The number of aromatic nitrogens is 1. The minimum atomic E-state index is -1.19. The van der Waals surface area contributed by atoms with Crippen LogP contribution in [-0.4, -0.2) is 40.5 Å². The molecule has 2 unspecified atom stereocenters. The molecule has 5 N–H and O–H groups in total. The number of hydrogen-bond donors (Lipinski definition) is 4. The molecule has 2 aromatic carbocycles. The Bertz CT molecular complexity index is 1070. The summed E-state index contributed by atoms with van der Waals surface area (Å²) in [6.07, 6.45) is -1.12. The van der Waals surface area contributed by atoms with Crippen LogP contribution in [0.5, 0.6) is 0 Å². The van der Waals surface area contributed by atoms with Gasteiger partial charge in [0.15, 0.2) is 0 Å². The van der Waals surface area contributed by atoms with E-state index in [4.69, 9.17) is 10.5 Å². The van der Waals surface area contributed by atoms with Gasteiger partial charge in [-0.2, -0.15) is 0 Å². The molecule has 1 aliphatic carbocycles. The molecule has 3 aromatic rings. The number of ether oxygens (including phenoxy) is 1. The first-order valence-electron chi connectivity index (χ1n) is 10.6. The maximum atomic E-state index is 12.2. The van der Waals surface area contributed by atoms with E-state index in [1.165, 1.54) is 11.1 Å². The van der Waals surface area contributed by atoms with Crippen LogP contribution in [0.2, 0.25) is 0 Å². The molecule has 0 fully saturated rings. The van der Waals surface area contributed by atoms with E-state index in [1.807, 2.05) is 31.2 Å². The molecular weight excluding hydrogens is 406 g/mol. The van der Waals surface area contributed by atoms with Crippen molar-refractivity contribution in [2.45, 2.75) is 31.5 Å². The van der Waals surface area contributed by atoms with Crippen LogP contribution in [0, 0.1) is 6.92 Å². The molecular formula is C25H27N3O4. The van der Waals surface area contributed by atoms with Crippen LogP contribution in [0.25, 0.3) is 11.1 Å². The van der Waals surface area contributed by atoms with Crippen molar-refractivity contribution in [1.82, 2.24) is 10.3 Å². The first-order valence-corrected chi connectivity index (χ1v) is 10.6. The third-order valence-corrected chi connectivity index (χ3v) is 5.82. The monoisotopic (exact) mass is 433 g/mol. The first kappa shape index (κ1) is 21.8. The molecule has 4 rings (SSSR count). The molecule has 166 valence electrons. The minimum absolute atomic E-state index is 0.0163. The van der Waals surface area contributed by atoms with Crippen molar-refractivity contribution in [3.8, 4) is 11.1 Å². The van der Waals surface area contributed by atoms with Gasteiger partial charge in [-0.15, -0.1) is 0 Å². The number of nitrogen functional groups attached to an aromatic ring is 1. The van der Waals surface area contributed by atoms with Crippen molar-refractivity contribution in [2.75, 3.05) is 18.9 Å². The van der Waals surface area contributed by atoms with E-state index in [2.05, 4.69) is 34.6 Å². The number of fused-ring (bicyclic) bond motifs is 3. The summed E-state index contributed by atoms with van der Waals surface area (Å²) in [5.74, 6) is 0.156. The van der Waals surface area contributed by atoms with Crippen molar-refractivity contribution >= 4 is 11.9 Å². The molecule has 0 aliphatic heterocycles. The maximum Gasteiger partial charge on any atom is 0.407 e. The lowest BCUT2D eigenvalue weighted by Gasteiger charge is -2.20. The normalized spacial score (nSPS) is 14.3. The van der Waals surface area contributed by atoms with E-state index in [-0.39, 0.29) is 31.3 Å². The van der Waals surface area contributed by atoms with E-state index >= 15 is 0 Å². The number of nitrogens with one attached hydrogen (secondary N) is 1. The lowest BCUT2D eigenvalue weighted by molar-refractivity contribution is 0.0139. The summed E-state index contributed by atoms with van der Waals surface area (Å²) < 4.78 is 5.48. The Balaban J connectivity index is 1.29. The Morgan fingerprint density at radius 2 is 1.75 bits per heavy atom. The van der Waals surface area contributed by atoms with Crippen molar-refractivity contribution in [3.63, 3.8) is 0 Å². The molecule has 0 saturated carbocycles. The molecule has 0 spiro atoms. The van der Waals surface area contributed by atoms with Crippen LogP contribution < -0.4 is 11.1 Å². The third-order valence-electron chi connectivity index (χ3n) is 5.82. The number of rotatable bonds is 7. The van der Waals surface area contributed by atoms with Gasteiger partial charge < -0.3 is 26.0 Å². The topological polar surface area (TPSA) is 118 Å². The molecule has 1 amide bonds. The third kappa shape index (κ3) is 4.44. The average Bonchev–Trinajstić information content (AvgIpc) is 3.12. The van der Waals surface area contributed by atoms with Gasteiger partial charge in [0, 0.05) is 24.2 Å². The summed E-state index contributed by atoms with van der Waals surface area (Å²) in [4.78, 5) is 16.2. The maximum absolute atomic E-state index is 12.2. The van der Waals surface area contributed by atoms with Crippen LogP contribution in [0.3, 0.4) is 0 Å². The number of nitrogens with two attached hydrogens (primary N) is 1. The Morgan fingerprint density at radius 1 is 1.12 bits per heavy atom. The number of aryl methyl sites for hydroxylation is 1. The number of aliphatic hydroxyl groups excluding tert-OH is 2. The molecule has 0 saturated heterocycles. The molecule has 1 aromatic heterocycles. The fourth-order valence-electron chi connectivity index (χ4n) is 4.18. The van der Waals surface area contributed by atoms with E-state index in [1.54, 1.807) is 12.3 Å². The number of alkyl carbamates (subject to hydrolysis) is 1. The fraction of sp³-hybridized carbons (Fsp3) is 0.280. The van der Waals surface area contributed by atoms with Crippen LogP contribution in [0.4, 0.5) is 10.6 Å². The van der Waals surface area contributed by atoms with Gasteiger partial charge in [-0.3, -0.25) is 0 Å². The average molecular weight is 434 g/mol. The SMILES string of the molecule is Cc1cnc(N)c(C(O)C(O)CCNC(=O)OCC2c3ccccc3-c3ccccc32)c1. The minimum Gasteiger partial charge on any atom is -0.449 e. The highest BCUT2D eigenvalue weighted by atomic mass is 16.5. The highest BCUT2D eigenvalue weighted by molar-refractivity contribution is 5.79. The van der Waals surface area contributed by atoms with Crippen LogP contribution in [0.15, 0.2) is 60.8 Å². The van der Waals surface area contributed by atoms with Gasteiger partial charge in [0.25, 0.3) is 0 Å². The highest BCUT2D eigenvalue weighted by Gasteiger charge is 2.29. The second-order valence-electron chi connectivity index (χ2n) is 8.04. The second-order valence-corrected chi connectivity index (χ2v) is 8.04. The molecule has 7 heteroatoms. The van der Waals surface area contributed by atoms with E-state index in [0.717, 1.165) is 16.7 Å². The summed E-state index contributed by atoms with van der Waals surface area (Å²) >= 11 is 0. The zero-order chi connectivity index (χ0) is 22.7. The quantitative estimate of drug-likeness (QED) is 0.454. The summed E-state index contributed by atoms with van der Waals surface area (Å²) in [6, 6.07) is 18.0. The number of anilines is 1. The van der Waals surface area contributed by atoms with Gasteiger partial charge in [0.05, 0.1) is 6.10 Å². The van der Waals surface area contributed by atoms with E-state index < -0.39 is 18.3 Å². The summed E-state index contributed by atoms with van der Waals surface area (Å²) in [5.41, 5.74) is 11.6. The number of hydrogen-bond acceptors (Lipinski definition) is 6. The standard InChI is InChI=1S/C25H27N3O4/c1-15-12-20(24(26)28-13-15)23(30)22(29)10-11-27-25(31)32-14-21-18-8-4-2-6-16(18)17-7-3-5-9-19(17)21/h2-9,12-13,21-23,29-30H,10-11,14H2,1H3,(H2,26,28)(H,27,31). The predicted octanol–water partition coefficient (Wildman–Crippen LogP) is 3.30. The number of benzene rings is 2. The number of nitrogens with zero attached hydrogens (tertiary/aromatic N) is 1. The molecule has 1 heterocycles. The first-order chi connectivity index (χ1) is 15.5. The lowest BCUT2D eigenvalue weighted by Crippen LogP contribution is -2.31. The van der Waals surface area contributed by atoms with Crippen LogP contribution in [-0.2, 0) is 4.74 Å². The van der Waals surface area contributed by atoms with Gasteiger partial charge in [-0.05, 0) is 47.2 Å². The van der Waals surface area contributed by atoms with E-state index in [9.17, 15) is 15.0 Å². The predicted molar refractivity (Wildman–Crippen MR) is 122 cm³/mol. The largest absolute Gasteiger partial charge is 0.449 e. The Hall–Kier alpha value is -3.42. The molecule has 1 aliphatic rings. The number of pyridine rings is 1. The van der Waals surface area contributed by atoms with Crippen molar-refractivity contribution < 1.29 is 19.7 Å². The highest BCUT2D eigenvalue weighted by Crippen LogP contribution is 2.44. The second kappa shape index (κ2) is 9.38. The summed E-state index contributed by atoms with van der Waals surface area (Å²) in [7, 11) is 0. The van der Waals surface area contributed by atoms with Crippen LogP contribution in [0.1, 0.15) is 40.7 Å². The molecule has 32 heavy (non-hydrogen) atoms. The molecule has 7 nitrogen and oxygen atoms in total. The van der Waals surface area contributed by atoms with Gasteiger partial charge in [-0.25, -0.2) is 9.78 Å². The molecule has 0 radical (unpaired) electrons. The number of carbonyl (C=O) groups is 1. The number of aliphatic hydroxyl groups is 2. The van der Waals surface area contributed by atoms with Gasteiger partial charge in [0.2, 0.25) is 0 Å². The van der Waals surface area contributed by atoms with Crippen molar-refractivity contribution in [1.29, 1.82) is 0 Å². The van der Waals surface area contributed by atoms with Crippen molar-refractivity contribution in [3.05, 3.63) is 83.0 Å². The number of carbonyl (C=O) groups excluding carboxylic acids is 1. The van der Waals surface area contributed by atoms with Gasteiger partial charge in [-0.1, -0.05) is 48.5 Å². The van der Waals surface area contributed by atoms with Gasteiger partial charge in [0.1, 0.15) is 18.5 Å². The fourth-order valence-corrected chi connectivity index (χ4v) is 4.18. The summed E-state index contributed by atoms with van der Waals surface area (Å²) in [5, 5.41) is 23.3.